The maximum atomic E-state index is 13.3. The SMILES string of the molecule is CCCCN(c1ccc(F)cc1C(=N)N)C(C)CC. The lowest BCUT2D eigenvalue weighted by atomic mass is 10.1. The first kappa shape index (κ1) is 15.5. The number of unbranched alkanes of at least 4 members (excludes halogenated alkanes) is 1. The van der Waals surface area contributed by atoms with E-state index >= 15 is 0 Å². The lowest BCUT2D eigenvalue weighted by Gasteiger charge is -2.32. The second-order valence-corrected chi connectivity index (χ2v) is 4.88. The van der Waals surface area contributed by atoms with Gasteiger partial charge in [0.2, 0.25) is 0 Å². The fourth-order valence-corrected chi connectivity index (χ4v) is 2.10. The number of benzene rings is 1. The molecule has 1 aromatic carbocycles. The summed E-state index contributed by atoms with van der Waals surface area (Å²) in [6.45, 7) is 7.31. The van der Waals surface area contributed by atoms with E-state index in [0.717, 1.165) is 31.5 Å². The molecule has 106 valence electrons. The number of hydrogen-bond acceptors (Lipinski definition) is 2. The van der Waals surface area contributed by atoms with Crippen molar-refractivity contribution in [2.45, 2.75) is 46.1 Å². The molecule has 0 aliphatic heterocycles. The predicted molar refractivity (Wildman–Crippen MR) is 79.4 cm³/mol. The monoisotopic (exact) mass is 265 g/mol. The summed E-state index contributed by atoms with van der Waals surface area (Å²) in [5.41, 5.74) is 6.92. The van der Waals surface area contributed by atoms with Crippen LogP contribution in [0.5, 0.6) is 0 Å². The van der Waals surface area contributed by atoms with E-state index in [-0.39, 0.29) is 11.7 Å². The summed E-state index contributed by atoms with van der Waals surface area (Å²) in [6.07, 6.45) is 3.17. The van der Waals surface area contributed by atoms with Crippen LogP contribution < -0.4 is 10.6 Å². The van der Waals surface area contributed by atoms with Gasteiger partial charge in [0.25, 0.3) is 0 Å². The van der Waals surface area contributed by atoms with E-state index in [1.165, 1.54) is 12.1 Å². The zero-order valence-electron chi connectivity index (χ0n) is 12.0. The average molecular weight is 265 g/mol. The van der Waals surface area contributed by atoms with Gasteiger partial charge in [0.1, 0.15) is 11.7 Å². The van der Waals surface area contributed by atoms with Crippen LogP contribution in [0.1, 0.15) is 45.6 Å². The van der Waals surface area contributed by atoms with Gasteiger partial charge in [-0.05, 0) is 38.0 Å². The number of nitrogens with zero attached hydrogens (tertiary/aromatic N) is 1. The van der Waals surface area contributed by atoms with E-state index < -0.39 is 0 Å². The van der Waals surface area contributed by atoms with E-state index in [9.17, 15) is 4.39 Å². The van der Waals surface area contributed by atoms with Gasteiger partial charge in [-0.15, -0.1) is 0 Å². The molecule has 1 aromatic rings. The zero-order chi connectivity index (χ0) is 14.4. The Labute approximate surface area is 115 Å². The van der Waals surface area contributed by atoms with Gasteiger partial charge in [-0.3, -0.25) is 5.41 Å². The van der Waals surface area contributed by atoms with Crippen molar-refractivity contribution >= 4 is 11.5 Å². The van der Waals surface area contributed by atoms with Crippen molar-refractivity contribution in [2.75, 3.05) is 11.4 Å². The Morgan fingerprint density at radius 1 is 1.42 bits per heavy atom. The van der Waals surface area contributed by atoms with Crippen LogP contribution in [0.4, 0.5) is 10.1 Å². The molecule has 0 fully saturated rings. The summed E-state index contributed by atoms with van der Waals surface area (Å²) in [7, 11) is 0. The quantitative estimate of drug-likeness (QED) is 0.585. The highest BCUT2D eigenvalue weighted by Gasteiger charge is 2.17. The minimum Gasteiger partial charge on any atom is -0.384 e. The van der Waals surface area contributed by atoms with Gasteiger partial charge in [-0.2, -0.15) is 0 Å². The molecule has 0 saturated carbocycles. The Kier molecular flexibility index (Phi) is 5.80. The van der Waals surface area contributed by atoms with Crippen LogP contribution in [0.25, 0.3) is 0 Å². The molecular formula is C15H24FN3. The van der Waals surface area contributed by atoms with Crippen LogP contribution in [0.2, 0.25) is 0 Å². The molecule has 0 aromatic heterocycles. The summed E-state index contributed by atoms with van der Waals surface area (Å²) < 4.78 is 13.3. The van der Waals surface area contributed by atoms with Crippen LogP contribution in [0, 0.1) is 11.2 Å². The van der Waals surface area contributed by atoms with Gasteiger partial charge in [0, 0.05) is 23.8 Å². The van der Waals surface area contributed by atoms with Crippen LogP contribution in [0.15, 0.2) is 18.2 Å². The minimum absolute atomic E-state index is 0.0840. The van der Waals surface area contributed by atoms with E-state index in [4.69, 9.17) is 11.1 Å². The smallest absolute Gasteiger partial charge is 0.125 e. The molecule has 0 aliphatic carbocycles. The highest BCUT2D eigenvalue weighted by molar-refractivity contribution is 6.00. The van der Waals surface area contributed by atoms with Crippen molar-refractivity contribution in [3.8, 4) is 0 Å². The van der Waals surface area contributed by atoms with Crippen molar-refractivity contribution in [3.63, 3.8) is 0 Å². The van der Waals surface area contributed by atoms with Crippen molar-refractivity contribution in [2.24, 2.45) is 5.73 Å². The van der Waals surface area contributed by atoms with E-state index in [0.29, 0.717) is 11.6 Å². The van der Waals surface area contributed by atoms with Crippen LogP contribution in [-0.2, 0) is 0 Å². The molecule has 0 spiro atoms. The lowest BCUT2D eigenvalue weighted by Crippen LogP contribution is -2.35. The second-order valence-electron chi connectivity index (χ2n) is 4.88. The molecule has 0 amide bonds. The van der Waals surface area contributed by atoms with E-state index in [1.54, 1.807) is 6.07 Å². The number of rotatable bonds is 7. The summed E-state index contributed by atoms with van der Waals surface area (Å²) in [5, 5.41) is 7.63. The topological polar surface area (TPSA) is 53.1 Å². The average Bonchev–Trinajstić information content (AvgIpc) is 2.39. The van der Waals surface area contributed by atoms with Gasteiger partial charge in [-0.1, -0.05) is 20.3 Å². The normalized spacial score (nSPS) is 12.2. The van der Waals surface area contributed by atoms with Crippen LogP contribution >= 0.6 is 0 Å². The van der Waals surface area contributed by atoms with Crippen molar-refractivity contribution < 1.29 is 4.39 Å². The fraction of sp³-hybridized carbons (Fsp3) is 0.533. The van der Waals surface area contributed by atoms with Crippen molar-refractivity contribution in [1.29, 1.82) is 5.41 Å². The number of anilines is 1. The van der Waals surface area contributed by atoms with Crippen molar-refractivity contribution in [1.82, 2.24) is 0 Å². The number of nitrogens with one attached hydrogen (secondary N) is 1. The van der Waals surface area contributed by atoms with Crippen molar-refractivity contribution in [3.05, 3.63) is 29.6 Å². The summed E-state index contributed by atoms with van der Waals surface area (Å²) >= 11 is 0. The van der Waals surface area contributed by atoms with Crippen LogP contribution in [-0.4, -0.2) is 18.4 Å². The standard InChI is InChI=1S/C15H24FN3/c1-4-6-9-19(11(3)5-2)14-8-7-12(16)10-13(14)15(17)18/h7-8,10-11H,4-6,9H2,1-3H3,(H3,17,18). The molecule has 3 N–H and O–H groups in total. The summed E-state index contributed by atoms with van der Waals surface area (Å²) in [4.78, 5) is 2.22. The summed E-state index contributed by atoms with van der Waals surface area (Å²) in [6, 6.07) is 4.85. The lowest BCUT2D eigenvalue weighted by molar-refractivity contribution is 0.592. The number of halogens is 1. The Balaban J connectivity index is 3.17. The fourth-order valence-electron chi connectivity index (χ4n) is 2.10. The third-order valence-electron chi connectivity index (χ3n) is 3.43. The highest BCUT2D eigenvalue weighted by Crippen LogP contribution is 2.25. The predicted octanol–water partition coefficient (Wildman–Crippen LogP) is 3.51. The first-order chi connectivity index (χ1) is 9.01. The number of amidine groups is 1. The van der Waals surface area contributed by atoms with E-state index in [1.807, 2.05) is 0 Å². The van der Waals surface area contributed by atoms with Gasteiger partial charge in [-0.25, -0.2) is 4.39 Å². The molecule has 0 saturated heterocycles. The van der Waals surface area contributed by atoms with Gasteiger partial charge in [0.05, 0.1) is 0 Å². The Bertz CT molecular complexity index is 431. The maximum Gasteiger partial charge on any atom is 0.125 e. The molecule has 1 unspecified atom stereocenters. The molecule has 1 rings (SSSR count). The van der Waals surface area contributed by atoms with Gasteiger partial charge >= 0.3 is 0 Å². The highest BCUT2D eigenvalue weighted by atomic mass is 19.1. The molecule has 0 radical (unpaired) electrons. The minimum atomic E-state index is -0.353. The third kappa shape index (κ3) is 3.94. The molecule has 0 heterocycles. The van der Waals surface area contributed by atoms with Crippen LogP contribution in [0.3, 0.4) is 0 Å². The Morgan fingerprint density at radius 2 is 2.11 bits per heavy atom. The Morgan fingerprint density at radius 3 is 2.63 bits per heavy atom. The van der Waals surface area contributed by atoms with Gasteiger partial charge in [0.15, 0.2) is 0 Å². The molecular weight excluding hydrogens is 241 g/mol. The third-order valence-corrected chi connectivity index (χ3v) is 3.43. The number of nitrogen functional groups attached to an aromatic ring is 1. The largest absolute Gasteiger partial charge is 0.384 e. The molecule has 0 aliphatic rings. The van der Waals surface area contributed by atoms with E-state index in [2.05, 4.69) is 25.7 Å². The first-order valence-electron chi connectivity index (χ1n) is 6.91. The molecule has 4 heteroatoms. The summed E-state index contributed by atoms with van der Waals surface area (Å²) in [5.74, 6) is -0.437. The first-order valence-corrected chi connectivity index (χ1v) is 6.91. The van der Waals surface area contributed by atoms with Gasteiger partial charge < -0.3 is 10.6 Å². The number of hydrogen-bond donors (Lipinski definition) is 2. The number of nitrogens with two attached hydrogens (primary N) is 1. The molecule has 19 heavy (non-hydrogen) atoms. The molecule has 1 atom stereocenters. The molecule has 0 bridgehead atoms. The second kappa shape index (κ2) is 7.12. The maximum absolute atomic E-state index is 13.3. The molecule has 3 nitrogen and oxygen atoms in total. The Hall–Kier alpha value is -1.58. The zero-order valence-corrected chi connectivity index (χ0v) is 12.0.